The van der Waals surface area contributed by atoms with Crippen LogP contribution in [0.5, 0.6) is 0 Å². The molecule has 0 spiro atoms. The number of aryl methyl sites for hydroxylation is 1. The Morgan fingerprint density at radius 3 is 2.89 bits per heavy atom. The zero-order valence-electron chi connectivity index (χ0n) is 11.6. The minimum Gasteiger partial charge on any atom is -0.465 e. The van der Waals surface area contributed by atoms with Gasteiger partial charge in [0.25, 0.3) is 0 Å². The van der Waals surface area contributed by atoms with Crippen LogP contribution in [-0.2, 0) is 16.1 Å². The molecule has 0 amide bonds. The highest BCUT2D eigenvalue weighted by Crippen LogP contribution is 2.23. The monoisotopic (exact) mass is 279 g/mol. The topological polar surface area (TPSA) is 38.3 Å². The van der Waals surface area contributed by atoms with Crippen molar-refractivity contribution in [2.45, 2.75) is 44.2 Å². The Bertz CT molecular complexity index is 444. The van der Waals surface area contributed by atoms with E-state index < -0.39 is 0 Å². The third-order valence-electron chi connectivity index (χ3n) is 3.13. The van der Waals surface area contributed by atoms with E-state index in [1.165, 1.54) is 35.7 Å². The van der Waals surface area contributed by atoms with Crippen molar-refractivity contribution >= 4 is 17.7 Å². The van der Waals surface area contributed by atoms with Crippen LogP contribution in [0.1, 0.15) is 30.9 Å². The van der Waals surface area contributed by atoms with E-state index in [2.05, 4.69) is 30.4 Å². The number of carbonyl (C=O) groups excluding carboxylic acids is 1. The molecule has 0 aliphatic heterocycles. The number of benzene rings is 1. The summed E-state index contributed by atoms with van der Waals surface area (Å²) in [5.41, 5.74) is 2.62. The Morgan fingerprint density at radius 1 is 1.47 bits per heavy atom. The average Bonchev–Trinajstić information content (AvgIpc) is 3.20. The van der Waals surface area contributed by atoms with Gasteiger partial charge in [-0.2, -0.15) is 0 Å². The van der Waals surface area contributed by atoms with Gasteiger partial charge in [-0.15, -0.1) is 11.8 Å². The van der Waals surface area contributed by atoms with Gasteiger partial charge in [-0.05, 0) is 49.9 Å². The number of thioether (sulfide) groups is 1. The minimum atomic E-state index is -0.148. The molecule has 1 N–H and O–H groups in total. The van der Waals surface area contributed by atoms with Crippen LogP contribution >= 0.6 is 11.8 Å². The molecule has 0 heterocycles. The Kier molecular flexibility index (Phi) is 5.28. The molecule has 0 atom stereocenters. The molecule has 2 rings (SSSR count). The summed E-state index contributed by atoms with van der Waals surface area (Å²) in [5, 5.41) is 3.52. The maximum atomic E-state index is 11.3. The molecule has 0 bridgehead atoms. The summed E-state index contributed by atoms with van der Waals surface area (Å²) < 4.78 is 4.92. The first-order chi connectivity index (χ1) is 9.19. The quantitative estimate of drug-likeness (QED) is 0.615. The summed E-state index contributed by atoms with van der Waals surface area (Å²) >= 11 is 1.53. The molecule has 1 saturated carbocycles. The van der Waals surface area contributed by atoms with Crippen LogP contribution in [0.3, 0.4) is 0 Å². The van der Waals surface area contributed by atoms with Gasteiger partial charge in [-0.25, -0.2) is 0 Å². The molecule has 4 heteroatoms. The van der Waals surface area contributed by atoms with E-state index in [1.54, 1.807) is 0 Å². The zero-order chi connectivity index (χ0) is 13.7. The summed E-state index contributed by atoms with van der Waals surface area (Å²) in [6, 6.07) is 7.12. The molecule has 0 saturated heterocycles. The molecule has 3 nitrogen and oxygen atoms in total. The Morgan fingerprint density at radius 2 is 2.26 bits per heavy atom. The SMILES string of the molecule is CCOC(=O)CSc1ccc(CNC2CC2)c(C)c1. The fourth-order valence-corrected chi connectivity index (χ4v) is 2.64. The van der Waals surface area contributed by atoms with E-state index >= 15 is 0 Å². The van der Waals surface area contributed by atoms with Crippen LogP contribution in [-0.4, -0.2) is 24.4 Å². The number of esters is 1. The molecule has 1 aromatic rings. The minimum absolute atomic E-state index is 0.148. The molecule has 0 radical (unpaired) electrons. The third kappa shape index (κ3) is 4.88. The lowest BCUT2D eigenvalue weighted by molar-refractivity contribution is -0.139. The lowest BCUT2D eigenvalue weighted by atomic mass is 10.1. The van der Waals surface area contributed by atoms with Crippen molar-refractivity contribution in [3.05, 3.63) is 29.3 Å². The molecule has 0 unspecified atom stereocenters. The van der Waals surface area contributed by atoms with Crippen LogP contribution in [0.25, 0.3) is 0 Å². The van der Waals surface area contributed by atoms with E-state index in [9.17, 15) is 4.79 Å². The number of nitrogens with one attached hydrogen (secondary N) is 1. The number of carbonyl (C=O) groups is 1. The molecule has 1 aliphatic rings. The molecule has 19 heavy (non-hydrogen) atoms. The Labute approximate surface area is 119 Å². The van der Waals surface area contributed by atoms with Crippen molar-refractivity contribution in [1.82, 2.24) is 5.32 Å². The van der Waals surface area contributed by atoms with E-state index in [-0.39, 0.29) is 5.97 Å². The highest BCUT2D eigenvalue weighted by atomic mass is 32.2. The van der Waals surface area contributed by atoms with Crippen molar-refractivity contribution in [1.29, 1.82) is 0 Å². The van der Waals surface area contributed by atoms with E-state index in [0.29, 0.717) is 12.4 Å². The Hall–Kier alpha value is -1.00. The van der Waals surface area contributed by atoms with Gasteiger partial charge < -0.3 is 10.1 Å². The van der Waals surface area contributed by atoms with E-state index in [1.807, 2.05) is 6.92 Å². The van der Waals surface area contributed by atoms with Gasteiger partial charge in [0, 0.05) is 17.5 Å². The van der Waals surface area contributed by atoms with Gasteiger partial charge in [0.05, 0.1) is 12.4 Å². The second kappa shape index (κ2) is 6.96. The lowest BCUT2D eigenvalue weighted by Gasteiger charge is -2.09. The van der Waals surface area contributed by atoms with E-state index in [4.69, 9.17) is 4.74 Å². The third-order valence-corrected chi connectivity index (χ3v) is 4.10. The average molecular weight is 279 g/mol. The Balaban J connectivity index is 1.84. The largest absolute Gasteiger partial charge is 0.465 e. The number of hydrogen-bond donors (Lipinski definition) is 1. The fraction of sp³-hybridized carbons (Fsp3) is 0.533. The molecular formula is C15H21NO2S. The van der Waals surface area contributed by atoms with Crippen LogP contribution < -0.4 is 5.32 Å². The highest BCUT2D eigenvalue weighted by molar-refractivity contribution is 8.00. The zero-order valence-corrected chi connectivity index (χ0v) is 12.4. The van der Waals surface area contributed by atoms with Gasteiger partial charge in [0.2, 0.25) is 0 Å². The number of hydrogen-bond acceptors (Lipinski definition) is 4. The van der Waals surface area contributed by atoms with Gasteiger partial charge >= 0.3 is 5.97 Å². The van der Waals surface area contributed by atoms with Crippen molar-refractivity contribution < 1.29 is 9.53 Å². The molecule has 0 aromatic heterocycles. The van der Waals surface area contributed by atoms with Gasteiger partial charge in [0.15, 0.2) is 0 Å². The summed E-state index contributed by atoms with van der Waals surface area (Å²) in [4.78, 5) is 12.4. The van der Waals surface area contributed by atoms with Crippen molar-refractivity contribution in [3.63, 3.8) is 0 Å². The maximum absolute atomic E-state index is 11.3. The standard InChI is InChI=1S/C15H21NO2S/c1-3-18-15(17)10-19-14-7-4-12(11(2)8-14)9-16-13-5-6-13/h4,7-8,13,16H,3,5-6,9-10H2,1-2H3. The molecular weight excluding hydrogens is 258 g/mol. The summed E-state index contributed by atoms with van der Waals surface area (Å²) in [7, 11) is 0. The lowest BCUT2D eigenvalue weighted by Crippen LogP contribution is -2.15. The maximum Gasteiger partial charge on any atom is 0.316 e. The summed E-state index contributed by atoms with van der Waals surface area (Å²) in [6.07, 6.45) is 2.62. The predicted molar refractivity (Wildman–Crippen MR) is 78.4 cm³/mol. The second-order valence-corrected chi connectivity index (χ2v) is 5.89. The molecule has 1 aliphatic carbocycles. The number of ether oxygens (including phenoxy) is 1. The summed E-state index contributed by atoms with van der Waals surface area (Å²) in [6.45, 7) is 5.34. The highest BCUT2D eigenvalue weighted by Gasteiger charge is 2.20. The predicted octanol–water partition coefficient (Wildman–Crippen LogP) is 2.90. The first-order valence-electron chi connectivity index (χ1n) is 6.80. The van der Waals surface area contributed by atoms with Crippen LogP contribution in [0.15, 0.2) is 23.1 Å². The van der Waals surface area contributed by atoms with Crippen LogP contribution in [0, 0.1) is 6.92 Å². The smallest absolute Gasteiger partial charge is 0.316 e. The fourth-order valence-electron chi connectivity index (χ4n) is 1.84. The van der Waals surface area contributed by atoms with Gasteiger partial charge in [-0.1, -0.05) is 6.07 Å². The van der Waals surface area contributed by atoms with Crippen molar-refractivity contribution in [3.8, 4) is 0 Å². The van der Waals surface area contributed by atoms with Crippen molar-refractivity contribution in [2.24, 2.45) is 0 Å². The molecule has 104 valence electrons. The summed E-state index contributed by atoms with van der Waals surface area (Å²) in [5.74, 6) is 0.233. The van der Waals surface area contributed by atoms with Crippen LogP contribution in [0.4, 0.5) is 0 Å². The van der Waals surface area contributed by atoms with Crippen molar-refractivity contribution in [2.75, 3.05) is 12.4 Å². The van der Waals surface area contributed by atoms with Gasteiger partial charge in [0.1, 0.15) is 0 Å². The number of rotatable bonds is 7. The second-order valence-electron chi connectivity index (χ2n) is 4.84. The molecule has 1 aromatic carbocycles. The normalized spacial score (nSPS) is 14.4. The first kappa shape index (κ1) is 14.4. The van der Waals surface area contributed by atoms with E-state index in [0.717, 1.165) is 17.5 Å². The first-order valence-corrected chi connectivity index (χ1v) is 7.79. The van der Waals surface area contributed by atoms with Crippen LogP contribution in [0.2, 0.25) is 0 Å². The van der Waals surface area contributed by atoms with Gasteiger partial charge in [-0.3, -0.25) is 4.79 Å². The molecule has 1 fully saturated rings.